The van der Waals surface area contributed by atoms with Gasteiger partial charge in [0.05, 0.1) is 19.4 Å². The van der Waals surface area contributed by atoms with Gasteiger partial charge in [-0.2, -0.15) is 0 Å². The number of nitrogens with two attached hydrogens (primary N) is 1. The Labute approximate surface area is 148 Å². The van der Waals surface area contributed by atoms with E-state index in [1.807, 2.05) is 24.3 Å². The zero-order chi connectivity index (χ0) is 17.2. The van der Waals surface area contributed by atoms with Gasteiger partial charge in [-0.25, -0.2) is 0 Å². The fourth-order valence-electron chi connectivity index (χ4n) is 3.72. The van der Waals surface area contributed by atoms with E-state index in [0.717, 1.165) is 34.4 Å². The van der Waals surface area contributed by atoms with Crippen LogP contribution in [0.5, 0.6) is 5.75 Å². The number of benzene rings is 2. The fourth-order valence-corrected chi connectivity index (χ4v) is 3.72. The molecule has 4 heteroatoms. The van der Waals surface area contributed by atoms with Crippen molar-refractivity contribution in [2.45, 2.75) is 25.4 Å². The van der Waals surface area contributed by atoms with Gasteiger partial charge in [-0.1, -0.05) is 30.3 Å². The molecule has 0 radical (unpaired) electrons. The normalized spacial score (nSPS) is 16.4. The van der Waals surface area contributed by atoms with Crippen molar-refractivity contribution in [3.05, 3.63) is 65.6 Å². The predicted molar refractivity (Wildman–Crippen MR) is 99.7 cm³/mol. The molecule has 0 bridgehead atoms. The number of likely N-dealkylation sites (tertiary alicyclic amines) is 1. The van der Waals surface area contributed by atoms with Gasteiger partial charge in [0.2, 0.25) is 0 Å². The summed E-state index contributed by atoms with van der Waals surface area (Å²) in [6.07, 6.45) is 4.35. The Hall–Kier alpha value is -2.30. The number of hydrogen-bond acceptors (Lipinski definition) is 4. The van der Waals surface area contributed by atoms with E-state index in [1.54, 1.807) is 13.4 Å². The number of fused-ring (bicyclic) bond motifs is 1. The van der Waals surface area contributed by atoms with Crippen LogP contribution < -0.4 is 10.5 Å². The summed E-state index contributed by atoms with van der Waals surface area (Å²) >= 11 is 0. The minimum absolute atomic E-state index is 0.353. The second-order valence-electron chi connectivity index (χ2n) is 6.72. The zero-order valence-electron chi connectivity index (χ0n) is 14.6. The monoisotopic (exact) mass is 336 g/mol. The third-order valence-electron chi connectivity index (χ3n) is 5.06. The molecule has 1 aliphatic heterocycles. The highest BCUT2D eigenvalue weighted by Crippen LogP contribution is 2.34. The summed E-state index contributed by atoms with van der Waals surface area (Å²) in [5, 5.41) is 2.13. The third kappa shape index (κ3) is 3.15. The van der Waals surface area contributed by atoms with Gasteiger partial charge in [0.1, 0.15) is 11.5 Å². The predicted octanol–water partition coefficient (Wildman–Crippen LogP) is 4.09. The van der Waals surface area contributed by atoms with E-state index in [4.69, 9.17) is 14.9 Å². The first-order chi connectivity index (χ1) is 12.3. The Morgan fingerprint density at radius 2 is 1.96 bits per heavy atom. The van der Waals surface area contributed by atoms with Gasteiger partial charge < -0.3 is 14.9 Å². The number of nitrogens with zero attached hydrogens (tertiary/aromatic N) is 1. The van der Waals surface area contributed by atoms with Gasteiger partial charge in [0.15, 0.2) is 0 Å². The van der Waals surface area contributed by atoms with Crippen LogP contribution in [0.2, 0.25) is 0 Å². The molecule has 0 amide bonds. The van der Waals surface area contributed by atoms with Crippen molar-refractivity contribution < 1.29 is 9.15 Å². The summed E-state index contributed by atoms with van der Waals surface area (Å²) in [7, 11) is 1.69. The number of methoxy groups -OCH3 is 1. The quantitative estimate of drug-likeness (QED) is 0.762. The summed E-state index contributed by atoms with van der Waals surface area (Å²) in [4.78, 5) is 2.49. The summed E-state index contributed by atoms with van der Waals surface area (Å²) in [6.45, 7) is 3.31. The number of rotatable bonds is 5. The van der Waals surface area contributed by atoms with E-state index in [-0.39, 0.29) is 6.04 Å². The maximum Gasteiger partial charge on any atom is 0.132 e. The molecule has 2 heterocycles. The summed E-state index contributed by atoms with van der Waals surface area (Å²) in [5.74, 6) is 1.59. The van der Waals surface area contributed by atoms with Gasteiger partial charge in [0, 0.05) is 22.9 Å². The van der Waals surface area contributed by atoms with Crippen LogP contribution in [0.15, 0.2) is 53.1 Å². The van der Waals surface area contributed by atoms with Crippen LogP contribution >= 0.6 is 0 Å². The van der Waals surface area contributed by atoms with Crippen LogP contribution in [0.25, 0.3) is 10.8 Å². The van der Waals surface area contributed by atoms with Crippen LogP contribution in [0.4, 0.5) is 0 Å². The van der Waals surface area contributed by atoms with E-state index in [1.165, 1.54) is 31.5 Å². The molecule has 3 aromatic rings. The molecule has 4 rings (SSSR count). The molecule has 0 aliphatic carbocycles. The van der Waals surface area contributed by atoms with Crippen molar-refractivity contribution in [1.82, 2.24) is 4.90 Å². The van der Waals surface area contributed by atoms with Crippen molar-refractivity contribution in [2.75, 3.05) is 20.2 Å². The lowest BCUT2D eigenvalue weighted by Crippen LogP contribution is -2.19. The molecule has 2 N–H and O–H groups in total. The molecule has 4 nitrogen and oxygen atoms in total. The molecule has 2 aromatic carbocycles. The maximum atomic E-state index is 6.59. The average molecular weight is 336 g/mol. The molecule has 0 spiro atoms. The highest BCUT2D eigenvalue weighted by atomic mass is 16.5. The van der Waals surface area contributed by atoms with E-state index >= 15 is 0 Å². The lowest BCUT2D eigenvalue weighted by molar-refractivity contribution is 0.330. The molecule has 0 saturated carbocycles. The van der Waals surface area contributed by atoms with Crippen molar-refractivity contribution >= 4 is 10.8 Å². The van der Waals surface area contributed by atoms with Gasteiger partial charge in [0.25, 0.3) is 0 Å². The molecule has 1 atom stereocenters. The van der Waals surface area contributed by atoms with E-state index in [2.05, 4.69) is 23.1 Å². The first-order valence-corrected chi connectivity index (χ1v) is 8.87. The van der Waals surface area contributed by atoms with E-state index in [9.17, 15) is 0 Å². The molecule has 1 saturated heterocycles. The average Bonchev–Trinajstić information content (AvgIpc) is 3.30. The Morgan fingerprint density at radius 3 is 2.76 bits per heavy atom. The Bertz CT molecular complexity index is 865. The minimum atomic E-state index is -0.353. The molecule has 1 aliphatic rings. The second kappa shape index (κ2) is 6.90. The third-order valence-corrected chi connectivity index (χ3v) is 5.06. The molecular formula is C21H24N2O2. The van der Waals surface area contributed by atoms with Gasteiger partial charge >= 0.3 is 0 Å². The van der Waals surface area contributed by atoms with Crippen LogP contribution in [0.1, 0.15) is 35.8 Å². The highest BCUT2D eigenvalue weighted by molar-refractivity contribution is 5.84. The van der Waals surface area contributed by atoms with Gasteiger partial charge in [-0.3, -0.25) is 4.90 Å². The standard InChI is InChI=1S/C21H24N2O2/c1-24-19-9-8-15(13-23-10-4-5-11-23)12-18(19)20(22)21-17-7-3-2-6-16(17)14-25-21/h2-3,6-9,12,14,20H,4-5,10-11,13,22H2,1H3. The second-order valence-corrected chi connectivity index (χ2v) is 6.72. The summed E-state index contributed by atoms with van der Waals surface area (Å²) in [6, 6.07) is 14.1. The lowest BCUT2D eigenvalue weighted by atomic mass is 9.99. The Balaban J connectivity index is 1.69. The molecular weight excluding hydrogens is 312 g/mol. The van der Waals surface area contributed by atoms with Crippen LogP contribution in [-0.2, 0) is 6.54 Å². The van der Waals surface area contributed by atoms with Crippen molar-refractivity contribution in [1.29, 1.82) is 0 Å². The highest BCUT2D eigenvalue weighted by Gasteiger charge is 2.21. The lowest BCUT2D eigenvalue weighted by Gasteiger charge is -2.19. The largest absolute Gasteiger partial charge is 0.496 e. The first-order valence-electron chi connectivity index (χ1n) is 8.87. The smallest absolute Gasteiger partial charge is 0.132 e. The van der Waals surface area contributed by atoms with Gasteiger partial charge in [-0.15, -0.1) is 0 Å². The first kappa shape index (κ1) is 16.2. The number of ether oxygens (including phenoxy) is 1. The molecule has 1 unspecified atom stereocenters. The van der Waals surface area contributed by atoms with E-state index < -0.39 is 0 Å². The SMILES string of the molecule is COc1ccc(CN2CCCC2)cc1C(N)c1occ2ccccc12. The summed E-state index contributed by atoms with van der Waals surface area (Å²) in [5.41, 5.74) is 8.83. The molecule has 130 valence electrons. The number of furan rings is 1. The molecule has 25 heavy (non-hydrogen) atoms. The fraction of sp³-hybridized carbons (Fsp3) is 0.333. The van der Waals surface area contributed by atoms with Crippen LogP contribution in [0.3, 0.4) is 0 Å². The topological polar surface area (TPSA) is 51.6 Å². The zero-order valence-corrected chi connectivity index (χ0v) is 14.6. The van der Waals surface area contributed by atoms with Crippen molar-refractivity contribution in [3.63, 3.8) is 0 Å². The maximum absolute atomic E-state index is 6.59. The molecule has 1 aromatic heterocycles. The van der Waals surface area contributed by atoms with Crippen molar-refractivity contribution in [3.8, 4) is 5.75 Å². The minimum Gasteiger partial charge on any atom is -0.496 e. The Morgan fingerprint density at radius 1 is 1.16 bits per heavy atom. The molecule has 1 fully saturated rings. The van der Waals surface area contributed by atoms with Gasteiger partial charge in [-0.05, 0) is 43.6 Å². The van der Waals surface area contributed by atoms with Crippen LogP contribution in [-0.4, -0.2) is 25.1 Å². The van der Waals surface area contributed by atoms with Crippen LogP contribution in [0, 0.1) is 0 Å². The van der Waals surface area contributed by atoms with Crippen molar-refractivity contribution in [2.24, 2.45) is 5.73 Å². The Kier molecular flexibility index (Phi) is 4.47. The number of hydrogen-bond donors (Lipinski definition) is 1. The summed E-state index contributed by atoms with van der Waals surface area (Å²) < 4.78 is 11.4. The van der Waals surface area contributed by atoms with E-state index in [0.29, 0.717) is 0 Å².